The zero-order valence-corrected chi connectivity index (χ0v) is 10.0. The predicted molar refractivity (Wildman–Crippen MR) is 61.0 cm³/mol. The number of hydrogen-bond donors (Lipinski definition) is 2. The average molecular weight is 264 g/mol. The molecule has 2 fully saturated rings. The fraction of sp³-hybridized carbons (Fsp3) is 0.455. The number of aromatic nitrogens is 1. The van der Waals surface area contributed by atoms with E-state index in [0.29, 0.717) is 19.4 Å². The van der Waals surface area contributed by atoms with E-state index >= 15 is 0 Å². The van der Waals surface area contributed by atoms with Crippen molar-refractivity contribution in [3.8, 4) is 0 Å². The van der Waals surface area contributed by atoms with Crippen LogP contribution in [0.3, 0.4) is 0 Å². The molecule has 1 unspecified atom stereocenters. The first-order chi connectivity index (χ1) is 9.11. The van der Waals surface area contributed by atoms with Gasteiger partial charge >= 0.3 is 6.03 Å². The quantitative estimate of drug-likeness (QED) is 0.665. The van der Waals surface area contributed by atoms with Gasteiger partial charge in [-0.1, -0.05) is 5.16 Å². The maximum Gasteiger partial charge on any atom is 0.322 e. The lowest BCUT2D eigenvalue weighted by molar-refractivity contribution is -0.125. The summed E-state index contributed by atoms with van der Waals surface area (Å²) in [5.41, 5.74) is -0.809. The smallest absolute Gasteiger partial charge is 0.322 e. The highest BCUT2D eigenvalue weighted by atomic mass is 16.5. The first kappa shape index (κ1) is 11.7. The second-order valence-electron chi connectivity index (χ2n) is 4.71. The average Bonchev–Trinajstić information content (AvgIpc) is 2.99. The molecule has 0 aliphatic carbocycles. The molecular formula is C11H12N4O4. The van der Waals surface area contributed by atoms with E-state index in [9.17, 15) is 14.4 Å². The van der Waals surface area contributed by atoms with Crippen molar-refractivity contribution in [1.29, 1.82) is 0 Å². The SMILES string of the molecule is O=C1NC(=O)C2(CCCN(C(=O)c3ccon3)C2)N1. The van der Waals surface area contributed by atoms with Gasteiger partial charge in [0.05, 0.1) is 6.54 Å². The third-order valence-electron chi connectivity index (χ3n) is 3.45. The molecule has 3 heterocycles. The molecule has 2 aliphatic rings. The Morgan fingerprint density at radius 3 is 2.95 bits per heavy atom. The molecule has 2 N–H and O–H groups in total. The van der Waals surface area contributed by atoms with Gasteiger partial charge in [0, 0.05) is 12.6 Å². The van der Waals surface area contributed by atoms with Crippen molar-refractivity contribution in [3.63, 3.8) is 0 Å². The van der Waals surface area contributed by atoms with Gasteiger partial charge < -0.3 is 14.7 Å². The summed E-state index contributed by atoms with van der Waals surface area (Å²) in [6, 6.07) is 0.956. The first-order valence-corrected chi connectivity index (χ1v) is 5.94. The number of piperidine rings is 1. The Morgan fingerprint density at radius 1 is 1.47 bits per heavy atom. The summed E-state index contributed by atoms with van der Waals surface area (Å²) in [7, 11) is 0. The maximum absolute atomic E-state index is 12.1. The number of rotatable bonds is 1. The lowest BCUT2D eigenvalue weighted by atomic mass is 9.89. The van der Waals surface area contributed by atoms with E-state index in [0.717, 1.165) is 0 Å². The Morgan fingerprint density at radius 2 is 2.32 bits per heavy atom. The van der Waals surface area contributed by atoms with Crippen molar-refractivity contribution >= 4 is 17.8 Å². The van der Waals surface area contributed by atoms with E-state index in [-0.39, 0.29) is 24.1 Å². The molecule has 8 nitrogen and oxygen atoms in total. The van der Waals surface area contributed by atoms with E-state index in [4.69, 9.17) is 0 Å². The highest BCUT2D eigenvalue weighted by Crippen LogP contribution is 2.25. The molecule has 0 bridgehead atoms. The molecule has 2 saturated heterocycles. The Hall–Kier alpha value is -2.38. The molecule has 1 spiro atoms. The number of urea groups is 1. The van der Waals surface area contributed by atoms with Crippen LogP contribution in [-0.4, -0.2) is 46.5 Å². The Balaban J connectivity index is 1.80. The molecule has 1 atom stereocenters. The summed E-state index contributed by atoms with van der Waals surface area (Å²) >= 11 is 0. The second-order valence-corrected chi connectivity index (χ2v) is 4.71. The predicted octanol–water partition coefficient (Wildman–Crippen LogP) is -0.511. The fourth-order valence-corrected chi connectivity index (χ4v) is 2.53. The van der Waals surface area contributed by atoms with Crippen LogP contribution < -0.4 is 10.6 Å². The molecule has 19 heavy (non-hydrogen) atoms. The van der Waals surface area contributed by atoms with Crippen molar-refractivity contribution in [3.05, 3.63) is 18.0 Å². The van der Waals surface area contributed by atoms with E-state index in [2.05, 4.69) is 20.3 Å². The lowest BCUT2D eigenvalue weighted by Crippen LogP contribution is -2.59. The minimum Gasteiger partial charge on any atom is -0.364 e. The Labute approximate surface area is 108 Å². The van der Waals surface area contributed by atoms with Crippen LogP contribution in [-0.2, 0) is 4.79 Å². The Bertz CT molecular complexity index is 541. The maximum atomic E-state index is 12.1. The minimum atomic E-state index is -1.01. The molecule has 1 aromatic rings. The van der Waals surface area contributed by atoms with Crippen molar-refractivity contribution < 1.29 is 18.9 Å². The van der Waals surface area contributed by atoms with Crippen LogP contribution in [0.1, 0.15) is 23.3 Å². The summed E-state index contributed by atoms with van der Waals surface area (Å²) in [4.78, 5) is 36.8. The topological polar surface area (TPSA) is 105 Å². The van der Waals surface area contributed by atoms with E-state index < -0.39 is 11.6 Å². The van der Waals surface area contributed by atoms with E-state index in [1.807, 2.05) is 0 Å². The van der Waals surface area contributed by atoms with Gasteiger partial charge in [-0.2, -0.15) is 0 Å². The number of nitrogens with zero attached hydrogens (tertiary/aromatic N) is 2. The van der Waals surface area contributed by atoms with Gasteiger partial charge in [0.1, 0.15) is 11.8 Å². The van der Waals surface area contributed by atoms with Gasteiger partial charge in [-0.05, 0) is 12.8 Å². The van der Waals surface area contributed by atoms with E-state index in [1.165, 1.54) is 17.2 Å². The molecule has 2 aliphatic heterocycles. The van der Waals surface area contributed by atoms with Crippen LogP contribution in [0.15, 0.2) is 16.9 Å². The zero-order chi connectivity index (χ0) is 13.5. The fourth-order valence-electron chi connectivity index (χ4n) is 2.53. The van der Waals surface area contributed by atoms with Crippen molar-refractivity contribution in [2.75, 3.05) is 13.1 Å². The molecule has 8 heteroatoms. The molecular weight excluding hydrogens is 252 g/mol. The Kier molecular flexibility index (Phi) is 2.51. The van der Waals surface area contributed by atoms with Crippen LogP contribution in [0.4, 0.5) is 4.79 Å². The molecule has 0 aromatic carbocycles. The summed E-state index contributed by atoms with van der Waals surface area (Å²) in [6.45, 7) is 0.673. The normalized spacial score (nSPS) is 26.4. The number of likely N-dealkylation sites (tertiary alicyclic amines) is 1. The van der Waals surface area contributed by atoms with Crippen molar-refractivity contribution in [2.45, 2.75) is 18.4 Å². The molecule has 4 amide bonds. The summed E-state index contributed by atoms with van der Waals surface area (Å²) in [5, 5.41) is 8.41. The minimum absolute atomic E-state index is 0.149. The third kappa shape index (κ3) is 1.85. The number of amides is 4. The van der Waals surface area contributed by atoms with Gasteiger partial charge in [0.15, 0.2) is 5.69 Å². The number of nitrogens with one attached hydrogen (secondary N) is 2. The van der Waals surface area contributed by atoms with Crippen molar-refractivity contribution in [2.24, 2.45) is 0 Å². The standard InChI is InChI=1S/C11H12N4O4/c16-8(7-2-5-19-14-7)15-4-1-3-11(6-15)9(17)12-10(18)13-11/h2,5H,1,3-4,6H2,(H2,12,13,17,18). The molecule has 3 rings (SSSR count). The van der Waals surface area contributed by atoms with Crippen LogP contribution in [0, 0.1) is 0 Å². The largest absolute Gasteiger partial charge is 0.364 e. The summed E-state index contributed by atoms with van der Waals surface area (Å²) in [5.74, 6) is -0.683. The molecule has 1 aromatic heterocycles. The van der Waals surface area contributed by atoms with Crippen LogP contribution >= 0.6 is 0 Å². The number of carbonyl (C=O) groups is 3. The van der Waals surface area contributed by atoms with Crippen LogP contribution in [0.25, 0.3) is 0 Å². The lowest BCUT2D eigenvalue weighted by Gasteiger charge is -2.37. The van der Waals surface area contributed by atoms with Gasteiger partial charge in [-0.15, -0.1) is 0 Å². The van der Waals surface area contributed by atoms with E-state index in [1.54, 1.807) is 0 Å². The molecule has 0 saturated carbocycles. The van der Waals surface area contributed by atoms with Gasteiger partial charge in [0.25, 0.3) is 11.8 Å². The van der Waals surface area contributed by atoms with Gasteiger partial charge in [0.2, 0.25) is 0 Å². The van der Waals surface area contributed by atoms with Gasteiger partial charge in [-0.25, -0.2) is 4.79 Å². The number of imide groups is 1. The summed E-state index contributed by atoms with van der Waals surface area (Å²) < 4.78 is 4.64. The molecule has 0 radical (unpaired) electrons. The first-order valence-electron chi connectivity index (χ1n) is 5.94. The van der Waals surface area contributed by atoms with Crippen LogP contribution in [0.5, 0.6) is 0 Å². The zero-order valence-electron chi connectivity index (χ0n) is 10.0. The highest BCUT2D eigenvalue weighted by molar-refractivity contribution is 6.07. The highest BCUT2D eigenvalue weighted by Gasteiger charge is 2.49. The monoisotopic (exact) mass is 264 g/mol. The second kappa shape index (κ2) is 4.08. The third-order valence-corrected chi connectivity index (χ3v) is 3.45. The number of hydrogen-bond acceptors (Lipinski definition) is 5. The summed E-state index contributed by atoms with van der Waals surface area (Å²) in [6.07, 6.45) is 2.47. The van der Waals surface area contributed by atoms with Crippen LogP contribution in [0.2, 0.25) is 0 Å². The van der Waals surface area contributed by atoms with Crippen molar-refractivity contribution in [1.82, 2.24) is 20.7 Å². The number of carbonyl (C=O) groups excluding carboxylic acids is 3. The molecule has 100 valence electrons. The van der Waals surface area contributed by atoms with Gasteiger partial charge in [-0.3, -0.25) is 14.9 Å².